The molecule has 28 heavy (non-hydrogen) atoms. The number of aromatic nitrogens is 4. The number of aryl methyl sites for hydroxylation is 2. The van der Waals surface area contributed by atoms with Crippen LogP contribution in [0.25, 0.3) is 0 Å². The highest BCUT2D eigenvalue weighted by Gasteiger charge is 2.43. The van der Waals surface area contributed by atoms with Crippen molar-refractivity contribution in [2.24, 2.45) is 0 Å². The predicted molar refractivity (Wildman–Crippen MR) is 101 cm³/mol. The Balaban J connectivity index is 1.85. The number of hydrogen-bond acceptors (Lipinski definition) is 3. The second kappa shape index (κ2) is 7.53. The van der Waals surface area contributed by atoms with Gasteiger partial charge < -0.3 is 4.90 Å². The van der Waals surface area contributed by atoms with E-state index in [1.807, 2.05) is 20.0 Å². The Morgan fingerprint density at radius 3 is 2.54 bits per heavy atom. The molecular weight excluding hydrogens is 439 g/mol. The summed E-state index contributed by atoms with van der Waals surface area (Å²) in [5.74, 6) is -0.294. The highest BCUT2D eigenvalue weighted by molar-refractivity contribution is 9.10. The lowest BCUT2D eigenvalue weighted by Crippen LogP contribution is -2.34. The van der Waals surface area contributed by atoms with E-state index in [2.05, 4.69) is 26.1 Å². The van der Waals surface area contributed by atoms with Gasteiger partial charge in [0.1, 0.15) is 6.04 Å². The van der Waals surface area contributed by atoms with Gasteiger partial charge in [-0.15, -0.1) is 0 Å². The Morgan fingerprint density at radius 1 is 1.39 bits per heavy atom. The van der Waals surface area contributed by atoms with E-state index in [4.69, 9.17) is 0 Å². The molecule has 2 aromatic rings. The minimum absolute atomic E-state index is 0.00330. The topological polar surface area (TPSA) is 56.0 Å². The smallest absolute Gasteiger partial charge is 0.339 e. The number of hydrogen-bond donors (Lipinski definition) is 0. The molecule has 0 aromatic carbocycles. The Labute approximate surface area is 169 Å². The van der Waals surface area contributed by atoms with Gasteiger partial charge in [-0.2, -0.15) is 23.4 Å². The fourth-order valence-electron chi connectivity index (χ4n) is 3.26. The molecule has 1 unspecified atom stereocenters. The van der Waals surface area contributed by atoms with E-state index in [1.54, 1.807) is 18.7 Å². The summed E-state index contributed by atoms with van der Waals surface area (Å²) in [6, 6.07) is -0.838. The molecule has 2 aromatic heterocycles. The summed E-state index contributed by atoms with van der Waals surface area (Å²) in [4.78, 5) is 14.5. The molecule has 0 radical (unpaired) electrons. The van der Waals surface area contributed by atoms with Crippen molar-refractivity contribution < 1.29 is 18.0 Å². The normalized spacial score (nSPS) is 15.7. The second-order valence-corrected chi connectivity index (χ2v) is 8.02. The van der Waals surface area contributed by atoms with Crippen LogP contribution in [0, 0.1) is 6.92 Å². The number of likely N-dealkylation sites (N-methyl/N-ethyl adjacent to an activating group) is 1. The van der Waals surface area contributed by atoms with Crippen molar-refractivity contribution in [3.8, 4) is 0 Å². The second-order valence-electron chi connectivity index (χ2n) is 7.23. The van der Waals surface area contributed by atoms with Crippen LogP contribution in [0.1, 0.15) is 61.3 Å². The molecule has 0 aliphatic heterocycles. The van der Waals surface area contributed by atoms with Crippen LogP contribution < -0.4 is 0 Å². The number of rotatable bonds is 6. The van der Waals surface area contributed by atoms with E-state index in [0.29, 0.717) is 12.2 Å². The highest BCUT2D eigenvalue weighted by Crippen LogP contribution is 2.47. The summed E-state index contributed by atoms with van der Waals surface area (Å²) >= 11 is 3.07. The van der Waals surface area contributed by atoms with E-state index in [0.717, 1.165) is 30.6 Å². The molecule has 1 atom stereocenters. The van der Waals surface area contributed by atoms with Crippen LogP contribution in [0.4, 0.5) is 13.2 Å². The fraction of sp³-hybridized carbons (Fsp3) is 0.611. The summed E-state index contributed by atoms with van der Waals surface area (Å²) < 4.78 is 42.9. The molecule has 6 nitrogen and oxygen atoms in total. The molecule has 1 aliphatic rings. The maximum absolute atomic E-state index is 13.3. The third-order valence-electron chi connectivity index (χ3n) is 5.00. The van der Waals surface area contributed by atoms with Crippen LogP contribution in [-0.2, 0) is 24.1 Å². The zero-order valence-corrected chi connectivity index (χ0v) is 17.8. The Bertz CT molecular complexity index is 885. The zero-order valence-electron chi connectivity index (χ0n) is 16.2. The summed E-state index contributed by atoms with van der Waals surface area (Å²) in [6.45, 7) is 6.49. The lowest BCUT2D eigenvalue weighted by Gasteiger charge is -2.23. The van der Waals surface area contributed by atoms with Gasteiger partial charge in [-0.1, -0.05) is 0 Å². The van der Waals surface area contributed by atoms with E-state index in [9.17, 15) is 18.0 Å². The van der Waals surface area contributed by atoms with E-state index in [1.165, 1.54) is 9.58 Å². The number of halogens is 4. The number of nitrogens with zero attached hydrogens (tertiary/aromatic N) is 5. The molecule has 154 valence electrons. The lowest BCUT2D eigenvalue weighted by atomic mass is 10.2. The third kappa shape index (κ3) is 3.97. The van der Waals surface area contributed by atoms with Crippen molar-refractivity contribution in [1.82, 2.24) is 24.5 Å². The van der Waals surface area contributed by atoms with Gasteiger partial charge in [0.05, 0.1) is 15.9 Å². The van der Waals surface area contributed by atoms with E-state index >= 15 is 0 Å². The molecular formula is C18H23BrF3N5O. The average Bonchev–Trinajstić information content (AvgIpc) is 3.30. The van der Waals surface area contributed by atoms with Crippen molar-refractivity contribution in [3.63, 3.8) is 0 Å². The first-order chi connectivity index (χ1) is 13.0. The first kappa shape index (κ1) is 20.9. The summed E-state index contributed by atoms with van der Waals surface area (Å²) in [7, 11) is 1.64. The number of carbonyl (C=O) groups excluding carboxylic acids is 1. The fourth-order valence-corrected chi connectivity index (χ4v) is 4.07. The summed E-state index contributed by atoms with van der Waals surface area (Å²) in [5.41, 5.74) is 1.22. The molecule has 0 bridgehead atoms. The SMILES string of the molecule is CCn1cc(CN(C)C(=O)C(C)n2nc(C(F)(F)F)c(Br)c2C2CC2)c(C)n1. The number of alkyl halides is 3. The maximum atomic E-state index is 13.3. The first-order valence-corrected chi connectivity index (χ1v) is 9.96. The Morgan fingerprint density at radius 2 is 2.04 bits per heavy atom. The summed E-state index contributed by atoms with van der Waals surface area (Å²) in [6.07, 6.45) is -1.10. The molecule has 10 heteroatoms. The van der Waals surface area contributed by atoms with Crippen LogP contribution in [0.15, 0.2) is 10.7 Å². The zero-order chi connectivity index (χ0) is 20.8. The molecule has 2 heterocycles. The van der Waals surface area contributed by atoms with Gasteiger partial charge in [-0.05, 0) is 49.5 Å². The average molecular weight is 462 g/mol. The molecule has 0 spiro atoms. The lowest BCUT2D eigenvalue weighted by molar-refractivity contribution is -0.143. The van der Waals surface area contributed by atoms with Crippen LogP contribution in [0.5, 0.6) is 0 Å². The highest BCUT2D eigenvalue weighted by atomic mass is 79.9. The van der Waals surface area contributed by atoms with E-state index < -0.39 is 17.9 Å². The minimum Gasteiger partial charge on any atom is -0.339 e. The van der Waals surface area contributed by atoms with Crippen molar-refractivity contribution in [1.29, 1.82) is 0 Å². The number of amides is 1. The standard InChI is InChI=1S/C18H23BrF3N5O/c1-5-26-9-13(10(2)23-26)8-25(4)17(28)11(3)27-15(12-6-7-12)14(19)16(24-27)18(20,21)22/h9,11-12H,5-8H2,1-4H3. The van der Waals surface area contributed by atoms with Crippen LogP contribution in [-0.4, -0.2) is 37.4 Å². The first-order valence-electron chi connectivity index (χ1n) is 9.17. The van der Waals surface area contributed by atoms with Crippen molar-refractivity contribution >= 4 is 21.8 Å². The number of carbonyl (C=O) groups is 1. The van der Waals surface area contributed by atoms with Gasteiger partial charge in [0, 0.05) is 37.8 Å². The monoisotopic (exact) mass is 461 g/mol. The predicted octanol–water partition coefficient (Wildman–Crippen LogP) is 4.29. The molecule has 1 fully saturated rings. The third-order valence-corrected chi connectivity index (χ3v) is 5.78. The molecule has 0 N–H and O–H groups in total. The maximum Gasteiger partial charge on any atom is 0.436 e. The molecule has 1 saturated carbocycles. The van der Waals surface area contributed by atoms with Gasteiger partial charge in [-0.25, -0.2) is 0 Å². The Kier molecular flexibility index (Phi) is 5.62. The summed E-state index contributed by atoms with van der Waals surface area (Å²) in [5, 5.41) is 8.13. The van der Waals surface area contributed by atoms with Gasteiger partial charge in [-0.3, -0.25) is 14.2 Å². The van der Waals surface area contributed by atoms with Crippen molar-refractivity contribution in [2.75, 3.05) is 7.05 Å². The van der Waals surface area contributed by atoms with Crippen LogP contribution in [0.3, 0.4) is 0 Å². The van der Waals surface area contributed by atoms with E-state index in [-0.39, 0.29) is 16.3 Å². The van der Waals surface area contributed by atoms with Crippen molar-refractivity contribution in [2.45, 2.75) is 64.8 Å². The molecule has 0 saturated heterocycles. The van der Waals surface area contributed by atoms with Crippen LogP contribution >= 0.6 is 15.9 Å². The largest absolute Gasteiger partial charge is 0.436 e. The van der Waals surface area contributed by atoms with Crippen molar-refractivity contribution in [3.05, 3.63) is 33.3 Å². The Hall–Kier alpha value is -1.84. The van der Waals surface area contributed by atoms with Gasteiger partial charge in [0.15, 0.2) is 5.69 Å². The van der Waals surface area contributed by atoms with Gasteiger partial charge >= 0.3 is 6.18 Å². The van der Waals surface area contributed by atoms with Gasteiger partial charge in [0.2, 0.25) is 5.91 Å². The molecule has 1 aliphatic carbocycles. The minimum atomic E-state index is -4.58. The van der Waals surface area contributed by atoms with Gasteiger partial charge in [0.25, 0.3) is 0 Å². The van der Waals surface area contributed by atoms with Crippen LogP contribution in [0.2, 0.25) is 0 Å². The molecule has 3 rings (SSSR count). The molecule has 1 amide bonds. The quantitative estimate of drug-likeness (QED) is 0.644.